The second-order valence-electron chi connectivity index (χ2n) is 6.17. The van der Waals surface area contributed by atoms with Crippen LogP contribution in [0.3, 0.4) is 0 Å². The maximum absolute atomic E-state index is 10.7. The van der Waals surface area contributed by atoms with Crippen molar-refractivity contribution in [2.24, 2.45) is 4.99 Å². The highest BCUT2D eigenvalue weighted by Gasteiger charge is 2.13. The molecule has 0 saturated heterocycles. The zero-order valence-corrected chi connectivity index (χ0v) is 18.0. The van der Waals surface area contributed by atoms with E-state index in [2.05, 4.69) is 15.6 Å². The third-order valence-corrected chi connectivity index (χ3v) is 4.14. The summed E-state index contributed by atoms with van der Waals surface area (Å²) in [7, 11) is 0. The lowest BCUT2D eigenvalue weighted by atomic mass is 10.2. The lowest BCUT2D eigenvalue weighted by Gasteiger charge is -2.16. The topological polar surface area (TPSA) is 92.7 Å². The number of non-ortho nitro benzene ring substituents is 1. The quantitative estimate of drug-likeness (QED) is 0.169. The molecule has 0 aliphatic carbocycles. The lowest BCUT2D eigenvalue weighted by Crippen LogP contribution is -2.38. The normalized spacial score (nSPS) is 12.3. The summed E-state index contributed by atoms with van der Waals surface area (Å²) in [5, 5.41) is 18.3. The van der Waals surface area contributed by atoms with E-state index in [0.717, 1.165) is 28.8 Å². The van der Waals surface area contributed by atoms with Crippen LogP contribution in [0, 0.1) is 10.1 Å². The SMILES string of the molecule is CCNC(=NCc1ccc([N+](=O)[O-])cc1)NC(C)c1cc2ccccc2o1.I. The van der Waals surface area contributed by atoms with Crippen molar-refractivity contribution in [3.05, 3.63) is 76.0 Å². The Balaban J connectivity index is 0.00000280. The molecule has 28 heavy (non-hydrogen) atoms. The van der Waals surface area contributed by atoms with Crippen LogP contribution in [-0.2, 0) is 6.54 Å². The lowest BCUT2D eigenvalue weighted by molar-refractivity contribution is -0.384. The summed E-state index contributed by atoms with van der Waals surface area (Å²) < 4.78 is 5.90. The molecule has 0 radical (unpaired) electrons. The van der Waals surface area contributed by atoms with Crippen molar-refractivity contribution in [2.75, 3.05) is 6.54 Å². The first-order valence-electron chi connectivity index (χ1n) is 8.83. The minimum absolute atomic E-state index is 0. The van der Waals surface area contributed by atoms with E-state index >= 15 is 0 Å². The van der Waals surface area contributed by atoms with E-state index < -0.39 is 4.92 Å². The van der Waals surface area contributed by atoms with Crippen molar-refractivity contribution < 1.29 is 9.34 Å². The number of rotatable bonds is 6. The number of nitro benzene ring substituents is 1. The van der Waals surface area contributed by atoms with Gasteiger partial charge in [-0.25, -0.2) is 4.99 Å². The minimum atomic E-state index is -0.409. The number of hydrogen-bond acceptors (Lipinski definition) is 4. The van der Waals surface area contributed by atoms with Crippen molar-refractivity contribution >= 4 is 46.6 Å². The van der Waals surface area contributed by atoms with Crippen LogP contribution in [0.2, 0.25) is 0 Å². The van der Waals surface area contributed by atoms with Gasteiger partial charge in [0.2, 0.25) is 0 Å². The number of nitro groups is 1. The maximum Gasteiger partial charge on any atom is 0.269 e. The fourth-order valence-corrected chi connectivity index (χ4v) is 2.71. The number of guanidine groups is 1. The van der Waals surface area contributed by atoms with E-state index in [0.29, 0.717) is 12.5 Å². The number of nitrogens with zero attached hydrogens (tertiary/aromatic N) is 2. The molecule has 1 unspecified atom stereocenters. The Kier molecular flexibility index (Phi) is 7.80. The Morgan fingerprint density at radius 3 is 2.57 bits per heavy atom. The van der Waals surface area contributed by atoms with E-state index in [4.69, 9.17) is 4.42 Å². The van der Waals surface area contributed by atoms with Crippen LogP contribution in [-0.4, -0.2) is 17.4 Å². The predicted octanol–water partition coefficient (Wildman–Crippen LogP) is 4.78. The summed E-state index contributed by atoms with van der Waals surface area (Å²) in [6.45, 7) is 5.14. The molecule has 0 aliphatic rings. The smallest absolute Gasteiger partial charge is 0.269 e. The molecule has 8 heteroatoms. The van der Waals surface area contributed by atoms with Crippen LogP contribution in [0.4, 0.5) is 5.69 Å². The molecule has 2 N–H and O–H groups in total. The van der Waals surface area contributed by atoms with E-state index in [1.807, 2.05) is 44.2 Å². The zero-order chi connectivity index (χ0) is 19.2. The molecule has 7 nitrogen and oxygen atoms in total. The summed E-state index contributed by atoms with van der Waals surface area (Å²) in [5.41, 5.74) is 1.83. The number of aliphatic imine (C=N–C) groups is 1. The number of benzene rings is 2. The first-order chi connectivity index (χ1) is 13.1. The highest BCUT2D eigenvalue weighted by Crippen LogP contribution is 2.23. The van der Waals surface area contributed by atoms with E-state index in [-0.39, 0.29) is 35.7 Å². The fourth-order valence-electron chi connectivity index (χ4n) is 2.71. The van der Waals surface area contributed by atoms with Crippen LogP contribution in [0.1, 0.15) is 31.2 Å². The minimum Gasteiger partial charge on any atom is -0.459 e. The number of fused-ring (bicyclic) bond motifs is 1. The fraction of sp³-hybridized carbons (Fsp3) is 0.250. The molecular formula is C20H23IN4O3. The van der Waals surface area contributed by atoms with Gasteiger partial charge >= 0.3 is 0 Å². The van der Waals surface area contributed by atoms with Crippen molar-refractivity contribution in [1.82, 2.24) is 10.6 Å². The molecule has 0 fully saturated rings. The number of hydrogen-bond donors (Lipinski definition) is 2. The van der Waals surface area contributed by atoms with Gasteiger partial charge in [-0.3, -0.25) is 10.1 Å². The molecule has 1 heterocycles. The molecule has 0 saturated carbocycles. The number of halogens is 1. The Labute approximate surface area is 180 Å². The molecule has 1 aromatic heterocycles. The molecular weight excluding hydrogens is 471 g/mol. The highest BCUT2D eigenvalue weighted by atomic mass is 127. The van der Waals surface area contributed by atoms with Gasteiger partial charge in [-0.2, -0.15) is 0 Å². The zero-order valence-electron chi connectivity index (χ0n) is 15.7. The highest BCUT2D eigenvalue weighted by molar-refractivity contribution is 14.0. The van der Waals surface area contributed by atoms with Crippen LogP contribution >= 0.6 is 24.0 Å². The Bertz CT molecular complexity index is 920. The van der Waals surface area contributed by atoms with Gasteiger partial charge in [0.25, 0.3) is 5.69 Å². The van der Waals surface area contributed by atoms with Gasteiger partial charge in [-0.15, -0.1) is 24.0 Å². The van der Waals surface area contributed by atoms with Gasteiger partial charge in [0.15, 0.2) is 5.96 Å². The van der Waals surface area contributed by atoms with Gasteiger partial charge in [0.05, 0.1) is 17.5 Å². The van der Waals surface area contributed by atoms with E-state index in [1.165, 1.54) is 12.1 Å². The van der Waals surface area contributed by atoms with Crippen molar-refractivity contribution in [1.29, 1.82) is 0 Å². The molecule has 3 aromatic rings. The molecule has 0 spiro atoms. The maximum atomic E-state index is 10.7. The molecule has 148 valence electrons. The average molecular weight is 494 g/mol. The van der Waals surface area contributed by atoms with Crippen molar-refractivity contribution in [3.8, 4) is 0 Å². The van der Waals surface area contributed by atoms with Crippen LogP contribution in [0.25, 0.3) is 11.0 Å². The summed E-state index contributed by atoms with van der Waals surface area (Å²) in [5.74, 6) is 1.49. The second-order valence-corrected chi connectivity index (χ2v) is 6.17. The molecule has 0 bridgehead atoms. The average Bonchev–Trinajstić information content (AvgIpc) is 3.11. The second kappa shape index (κ2) is 10.1. The molecule has 3 rings (SSSR count). The third-order valence-electron chi connectivity index (χ3n) is 4.14. The Morgan fingerprint density at radius 2 is 1.93 bits per heavy atom. The van der Waals surface area contributed by atoms with E-state index in [1.54, 1.807) is 12.1 Å². The Morgan fingerprint density at radius 1 is 1.21 bits per heavy atom. The first kappa shape index (κ1) is 21.7. The predicted molar refractivity (Wildman–Crippen MR) is 121 cm³/mol. The van der Waals surface area contributed by atoms with Crippen LogP contribution in [0.15, 0.2) is 64.0 Å². The summed E-state index contributed by atoms with van der Waals surface area (Å²) in [4.78, 5) is 14.9. The van der Waals surface area contributed by atoms with Crippen LogP contribution in [0.5, 0.6) is 0 Å². The van der Waals surface area contributed by atoms with Gasteiger partial charge in [0.1, 0.15) is 11.3 Å². The number of furan rings is 1. The van der Waals surface area contributed by atoms with Crippen molar-refractivity contribution in [2.45, 2.75) is 26.4 Å². The molecule has 2 aromatic carbocycles. The summed E-state index contributed by atoms with van der Waals surface area (Å²) >= 11 is 0. The largest absolute Gasteiger partial charge is 0.459 e. The first-order valence-corrected chi connectivity index (χ1v) is 8.83. The van der Waals surface area contributed by atoms with Crippen molar-refractivity contribution in [3.63, 3.8) is 0 Å². The monoisotopic (exact) mass is 494 g/mol. The van der Waals surface area contributed by atoms with Gasteiger partial charge in [-0.1, -0.05) is 30.3 Å². The van der Waals surface area contributed by atoms with Crippen LogP contribution < -0.4 is 10.6 Å². The molecule has 0 aliphatic heterocycles. The van der Waals surface area contributed by atoms with Gasteiger partial charge in [-0.05, 0) is 31.5 Å². The third kappa shape index (κ3) is 5.44. The van der Waals surface area contributed by atoms with Gasteiger partial charge in [0, 0.05) is 24.1 Å². The summed E-state index contributed by atoms with van der Waals surface area (Å²) in [6, 6.07) is 16.3. The number of nitrogens with one attached hydrogen (secondary N) is 2. The van der Waals surface area contributed by atoms with E-state index in [9.17, 15) is 10.1 Å². The molecule has 0 amide bonds. The molecule has 1 atom stereocenters. The number of para-hydroxylation sites is 1. The summed E-state index contributed by atoms with van der Waals surface area (Å²) in [6.07, 6.45) is 0. The standard InChI is InChI=1S/C20H22N4O3.HI/c1-3-21-20(22-13-15-8-10-17(11-9-15)24(25)26)23-14(2)19-12-16-6-4-5-7-18(16)27-19;/h4-12,14H,3,13H2,1-2H3,(H2,21,22,23);1H. The Hall–Kier alpha value is -2.62. The van der Waals surface area contributed by atoms with Gasteiger partial charge < -0.3 is 15.1 Å².